The molecular formula is C22H22ClN5O2. The van der Waals surface area contributed by atoms with Gasteiger partial charge >= 0.3 is 6.03 Å². The highest BCUT2D eigenvalue weighted by molar-refractivity contribution is 6.30. The van der Waals surface area contributed by atoms with Crippen LogP contribution in [0, 0.1) is 0 Å². The molecule has 1 saturated heterocycles. The van der Waals surface area contributed by atoms with Gasteiger partial charge in [0.25, 0.3) is 5.91 Å². The van der Waals surface area contributed by atoms with Crippen LogP contribution in [0.4, 0.5) is 10.5 Å². The molecule has 7 nitrogen and oxygen atoms in total. The number of nitrogens with one attached hydrogen (secondary N) is 3. The van der Waals surface area contributed by atoms with Crippen molar-refractivity contribution >= 4 is 29.2 Å². The van der Waals surface area contributed by atoms with Gasteiger partial charge in [0.15, 0.2) is 0 Å². The second-order valence-electron chi connectivity index (χ2n) is 7.18. The summed E-state index contributed by atoms with van der Waals surface area (Å²) in [5.74, 6) is -0.262. The third kappa shape index (κ3) is 4.80. The van der Waals surface area contributed by atoms with Gasteiger partial charge in [0.05, 0.1) is 5.69 Å². The highest BCUT2D eigenvalue weighted by Gasteiger charge is 2.18. The number of hydrogen-bond donors (Lipinski definition) is 3. The van der Waals surface area contributed by atoms with E-state index in [9.17, 15) is 9.59 Å². The Bertz CT molecular complexity index is 1060. The number of likely N-dealkylation sites (tertiary alicyclic amines) is 1. The van der Waals surface area contributed by atoms with Crippen molar-refractivity contribution in [3.63, 3.8) is 0 Å². The van der Waals surface area contributed by atoms with Crippen LogP contribution < -0.4 is 10.6 Å². The minimum Gasteiger partial charge on any atom is -0.347 e. The Labute approximate surface area is 179 Å². The summed E-state index contributed by atoms with van der Waals surface area (Å²) in [7, 11) is 0. The van der Waals surface area contributed by atoms with Crippen LogP contribution in [-0.4, -0.2) is 40.1 Å². The van der Waals surface area contributed by atoms with E-state index in [1.807, 2.05) is 41.3 Å². The van der Waals surface area contributed by atoms with Gasteiger partial charge in [-0.25, -0.2) is 4.79 Å². The minimum absolute atomic E-state index is 0.0836. The monoisotopic (exact) mass is 423 g/mol. The summed E-state index contributed by atoms with van der Waals surface area (Å²) in [5.41, 5.74) is 3.44. The van der Waals surface area contributed by atoms with Crippen LogP contribution in [0.5, 0.6) is 0 Å². The summed E-state index contributed by atoms with van der Waals surface area (Å²) < 4.78 is 0. The normalized spacial score (nSPS) is 13.3. The van der Waals surface area contributed by atoms with Gasteiger partial charge in [-0.1, -0.05) is 35.9 Å². The van der Waals surface area contributed by atoms with Crippen molar-refractivity contribution in [2.75, 3.05) is 18.4 Å². The third-order valence-corrected chi connectivity index (χ3v) is 5.20. The first kappa shape index (κ1) is 20.0. The molecule has 1 aliphatic rings. The van der Waals surface area contributed by atoms with Crippen molar-refractivity contribution in [2.24, 2.45) is 0 Å². The Kier molecular flexibility index (Phi) is 5.99. The quantitative estimate of drug-likeness (QED) is 0.571. The Hall–Kier alpha value is -3.32. The van der Waals surface area contributed by atoms with Crippen molar-refractivity contribution in [3.05, 3.63) is 70.9 Å². The standard InChI is InChI=1S/C22H22ClN5O2/c23-17-7-4-6-16(12-17)19-13-20(27-26-19)21(29)24-14-15-5-3-8-18(11-15)25-22(30)28-9-1-2-10-28/h3-8,11-13H,1-2,9-10,14H2,(H,24,29)(H,25,30)(H,26,27). The summed E-state index contributed by atoms with van der Waals surface area (Å²) >= 11 is 6.02. The van der Waals surface area contributed by atoms with Crippen LogP contribution in [0.3, 0.4) is 0 Å². The number of halogens is 1. The van der Waals surface area contributed by atoms with Crippen LogP contribution >= 0.6 is 11.6 Å². The lowest BCUT2D eigenvalue weighted by atomic mass is 10.1. The molecule has 1 aliphatic heterocycles. The molecule has 154 valence electrons. The van der Waals surface area contributed by atoms with Crippen molar-refractivity contribution < 1.29 is 9.59 Å². The van der Waals surface area contributed by atoms with Gasteiger partial charge in [0, 0.05) is 35.9 Å². The van der Waals surface area contributed by atoms with E-state index in [4.69, 9.17) is 11.6 Å². The fourth-order valence-electron chi connectivity index (χ4n) is 3.39. The Morgan fingerprint density at radius 1 is 1.07 bits per heavy atom. The molecular weight excluding hydrogens is 402 g/mol. The summed E-state index contributed by atoms with van der Waals surface area (Å²) in [6, 6.07) is 16.4. The van der Waals surface area contributed by atoms with Crippen molar-refractivity contribution in [1.82, 2.24) is 20.4 Å². The average Bonchev–Trinajstić information content (AvgIpc) is 3.44. The molecule has 30 heavy (non-hydrogen) atoms. The smallest absolute Gasteiger partial charge is 0.321 e. The molecule has 0 radical (unpaired) electrons. The van der Waals surface area contributed by atoms with Crippen molar-refractivity contribution in [1.29, 1.82) is 0 Å². The van der Waals surface area contributed by atoms with E-state index in [0.717, 1.165) is 37.1 Å². The van der Waals surface area contributed by atoms with E-state index in [2.05, 4.69) is 20.8 Å². The highest BCUT2D eigenvalue weighted by atomic mass is 35.5. The van der Waals surface area contributed by atoms with Crippen LogP contribution in [0.25, 0.3) is 11.3 Å². The van der Waals surface area contributed by atoms with E-state index in [0.29, 0.717) is 28.6 Å². The van der Waals surface area contributed by atoms with Gasteiger partial charge in [0.2, 0.25) is 0 Å². The molecule has 0 aliphatic carbocycles. The number of carbonyl (C=O) groups is 2. The lowest BCUT2D eigenvalue weighted by molar-refractivity contribution is 0.0946. The molecule has 0 atom stereocenters. The molecule has 2 heterocycles. The fourth-order valence-corrected chi connectivity index (χ4v) is 3.58. The number of carbonyl (C=O) groups excluding carboxylic acids is 2. The van der Waals surface area contributed by atoms with Crippen LogP contribution in [0.2, 0.25) is 5.02 Å². The van der Waals surface area contributed by atoms with E-state index in [1.54, 1.807) is 18.2 Å². The van der Waals surface area contributed by atoms with E-state index in [1.165, 1.54) is 0 Å². The molecule has 0 unspecified atom stereocenters. The molecule has 3 N–H and O–H groups in total. The lowest BCUT2D eigenvalue weighted by Crippen LogP contribution is -2.32. The Morgan fingerprint density at radius 2 is 1.87 bits per heavy atom. The summed E-state index contributed by atoms with van der Waals surface area (Å²) in [5, 5.41) is 13.3. The summed E-state index contributed by atoms with van der Waals surface area (Å²) in [4.78, 5) is 26.5. The first-order chi connectivity index (χ1) is 14.6. The minimum atomic E-state index is -0.262. The number of rotatable bonds is 5. The van der Waals surface area contributed by atoms with Gasteiger partial charge in [-0.3, -0.25) is 9.89 Å². The van der Waals surface area contributed by atoms with Crippen LogP contribution in [0.1, 0.15) is 28.9 Å². The second kappa shape index (κ2) is 9.00. The van der Waals surface area contributed by atoms with Gasteiger partial charge in [0.1, 0.15) is 5.69 Å². The number of amides is 3. The fraction of sp³-hybridized carbons (Fsp3) is 0.227. The zero-order chi connectivity index (χ0) is 20.9. The maximum absolute atomic E-state index is 12.5. The first-order valence-corrected chi connectivity index (χ1v) is 10.2. The predicted octanol–water partition coefficient (Wildman–Crippen LogP) is 4.29. The number of anilines is 1. The maximum Gasteiger partial charge on any atom is 0.321 e. The molecule has 0 bridgehead atoms. The number of aromatic nitrogens is 2. The first-order valence-electron chi connectivity index (χ1n) is 9.83. The number of aromatic amines is 1. The van der Waals surface area contributed by atoms with Gasteiger partial charge < -0.3 is 15.5 Å². The van der Waals surface area contributed by atoms with Gasteiger partial charge in [-0.05, 0) is 48.7 Å². The van der Waals surface area contributed by atoms with Crippen LogP contribution in [-0.2, 0) is 6.54 Å². The van der Waals surface area contributed by atoms with Crippen molar-refractivity contribution in [2.45, 2.75) is 19.4 Å². The Morgan fingerprint density at radius 3 is 2.67 bits per heavy atom. The molecule has 3 amide bonds. The number of nitrogens with zero attached hydrogens (tertiary/aromatic N) is 2. The number of benzene rings is 2. The largest absolute Gasteiger partial charge is 0.347 e. The molecule has 4 rings (SSSR count). The average molecular weight is 424 g/mol. The second-order valence-corrected chi connectivity index (χ2v) is 7.62. The Balaban J connectivity index is 1.35. The molecule has 0 spiro atoms. The van der Waals surface area contributed by atoms with Gasteiger partial charge in [-0.15, -0.1) is 0 Å². The van der Waals surface area contributed by atoms with Crippen molar-refractivity contribution in [3.8, 4) is 11.3 Å². The topological polar surface area (TPSA) is 90.1 Å². The summed E-state index contributed by atoms with van der Waals surface area (Å²) in [6.45, 7) is 1.92. The van der Waals surface area contributed by atoms with E-state index < -0.39 is 0 Å². The molecule has 3 aromatic rings. The predicted molar refractivity (Wildman–Crippen MR) is 116 cm³/mol. The zero-order valence-electron chi connectivity index (χ0n) is 16.3. The molecule has 8 heteroatoms. The molecule has 0 saturated carbocycles. The van der Waals surface area contributed by atoms with Crippen LogP contribution in [0.15, 0.2) is 54.6 Å². The molecule has 1 aromatic heterocycles. The highest BCUT2D eigenvalue weighted by Crippen LogP contribution is 2.21. The molecule has 1 fully saturated rings. The summed E-state index contributed by atoms with van der Waals surface area (Å²) in [6.07, 6.45) is 2.10. The number of hydrogen-bond acceptors (Lipinski definition) is 3. The van der Waals surface area contributed by atoms with E-state index in [-0.39, 0.29) is 11.9 Å². The maximum atomic E-state index is 12.5. The van der Waals surface area contributed by atoms with E-state index >= 15 is 0 Å². The lowest BCUT2D eigenvalue weighted by Gasteiger charge is -2.16. The third-order valence-electron chi connectivity index (χ3n) is 4.97. The zero-order valence-corrected chi connectivity index (χ0v) is 17.1. The molecule has 2 aromatic carbocycles. The number of urea groups is 1. The van der Waals surface area contributed by atoms with Gasteiger partial charge in [-0.2, -0.15) is 5.10 Å². The SMILES string of the molecule is O=C(NCc1cccc(NC(=O)N2CCCC2)c1)c1cc(-c2cccc(Cl)c2)n[nH]1. The number of H-pyrrole nitrogens is 1.